The molecule has 106 valence electrons. The average molecular weight is 302 g/mol. The molecule has 0 aromatic carbocycles. The first-order valence-electron chi connectivity index (χ1n) is 6.27. The number of fused-ring (bicyclic) bond motifs is 1. The Labute approximate surface area is 125 Å². The van der Waals surface area contributed by atoms with Gasteiger partial charge in [0, 0.05) is 24.8 Å². The molecular formula is C14H12ClN5O. The molecule has 0 spiro atoms. The molecule has 3 aromatic heterocycles. The molecule has 0 aliphatic carbocycles. The van der Waals surface area contributed by atoms with Gasteiger partial charge in [0.1, 0.15) is 5.82 Å². The molecule has 0 atom stereocenters. The van der Waals surface area contributed by atoms with Crippen molar-refractivity contribution in [3.63, 3.8) is 0 Å². The van der Waals surface area contributed by atoms with E-state index in [1.54, 1.807) is 22.9 Å². The number of hydrogen-bond donors (Lipinski definition) is 1. The highest BCUT2D eigenvalue weighted by Gasteiger charge is 2.12. The fraction of sp³-hybridized carbons (Fsp3) is 0.143. The minimum Gasteiger partial charge on any atom is -0.307 e. The van der Waals surface area contributed by atoms with Crippen molar-refractivity contribution in [2.45, 2.75) is 6.92 Å². The summed E-state index contributed by atoms with van der Waals surface area (Å²) in [7, 11) is 1.82. The summed E-state index contributed by atoms with van der Waals surface area (Å²) in [6.07, 6.45) is 3.00. The van der Waals surface area contributed by atoms with Crippen LogP contribution in [-0.4, -0.2) is 25.7 Å². The maximum atomic E-state index is 12.2. The molecule has 1 N–H and O–H groups in total. The van der Waals surface area contributed by atoms with Crippen molar-refractivity contribution in [3.05, 3.63) is 46.9 Å². The Hall–Kier alpha value is -2.47. The molecule has 7 heteroatoms. The van der Waals surface area contributed by atoms with Gasteiger partial charge in [0.05, 0.1) is 16.3 Å². The molecule has 3 aromatic rings. The lowest BCUT2D eigenvalue weighted by Crippen LogP contribution is -2.13. The molecule has 0 unspecified atom stereocenters. The number of hydrogen-bond acceptors (Lipinski definition) is 4. The van der Waals surface area contributed by atoms with E-state index in [2.05, 4.69) is 20.4 Å². The Morgan fingerprint density at radius 2 is 2.10 bits per heavy atom. The molecule has 0 saturated heterocycles. The number of anilines is 1. The number of halogens is 1. The summed E-state index contributed by atoms with van der Waals surface area (Å²) < 4.78 is 1.69. The minimum absolute atomic E-state index is 0.275. The summed E-state index contributed by atoms with van der Waals surface area (Å²) in [4.78, 5) is 20.5. The third kappa shape index (κ3) is 2.57. The van der Waals surface area contributed by atoms with E-state index in [4.69, 9.17) is 11.6 Å². The quantitative estimate of drug-likeness (QED) is 0.789. The van der Waals surface area contributed by atoms with Crippen molar-refractivity contribution in [1.82, 2.24) is 19.7 Å². The van der Waals surface area contributed by atoms with Crippen molar-refractivity contribution >= 4 is 34.4 Å². The molecule has 6 nitrogen and oxygen atoms in total. The predicted molar refractivity (Wildman–Crippen MR) is 80.4 cm³/mol. The second-order valence-corrected chi connectivity index (χ2v) is 5.06. The summed E-state index contributed by atoms with van der Waals surface area (Å²) in [5.41, 5.74) is 2.03. The lowest BCUT2D eigenvalue weighted by atomic mass is 10.2. The second kappa shape index (κ2) is 5.14. The van der Waals surface area contributed by atoms with Crippen LogP contribution in [0.3, 0.4) is 0 Å². The number of aryl methyl sites for hydroxylation is 2. The fourth-order valence-corrected chi connectivity index (χ4v) is 2.18. The molecule has 0 bridgehead atoms. The molecule has 1 amide bonds. The normalized spacial score (nSPS) is 10.8. The van der Waals surface area contributed by atoms with Gasteiger partial charge in [0.2, 0.25) is 0 Å². The van der Waals surface area contributed by atoms with Crippen molar-refractivity contribution in [3.8, 4) is 0 Å². The average Bonchev–Trinajstić information content (AvgIpc) is 2.76. The van der Waals surface area contributed by atoms with Crippen LogP contribution in [0.5, 0.6) is 0 Å². The van der Waals surface area contributed by atoms with E-state index in [0.717, 1.165) is 16.7 Å². The smallest absolute Gasteiger partial charge is 0.258 e. The van der Waals surface area contributed by atoms with Crippen LogP contribution >= 0.6 is 11.6 Å². The fourth-order valence-electron chi connectivity index (χ4n) is 2.07. The third-order valence-electron chi connectivity index (χ3n) is 3.09. The number of rotatable bonds is 2. The first kappa shape index (κ1) is 13.5. The van der Waals surface area contributed by atoms with Gasteiger partial charge in [0.15, 0.2) is 5.65 Å². The van der Waals surface area contributed by atoms with Crippen LogP contribution in [-0.2, 0) is 7.05 Å². The van der Waals surface area contributed by atoms with Crippen molar-refractivity contribution in [1.29, 1.82) is 0 Å². The highest BCUT2D eigenvalue weighted by molar-refractivity contribution is 6.30. The molecule has 0 aliphatic rings. The Kier molecular flexibility index (Phi) is 3.31. The molecule has 0 radical (unpaired) electrons. The first-order valence-corrected chi connectivity index (χ1v) is 6.64. The molecule has 3 rings (SSSR count). The molecule has 3 heterocycles. The summed E-state index contributed by atoms with van der Waals surface area (Å²) >= 11 is 5.76. The van der Waals surface area contributed by atoms with Crippen molar-refractivity contribution < 1.29 is 4.79 Å². The lowest BCUT2D eigenvalue weighted by molar-refractivity contribution is 0.102. The van der Waals surface area contributed by atoms with Crippen LogP contribution in [0.1, 0.15) is 16.1 Å². The Morgan fingerprint density at radius 3 is 2.81 bits per heavy atom. The van der Waals surface area contributed by atoms with Crippen LogP contribution in [0.15, 0.2) is 30.6 Å². The van der Waals surface area contributed by atoms with Gasteiger partial charge in [-0.1, -0.05) is 11.6 Å². The largest absolute Gasteiger partial charge is 0.307 e. The lowest BCUT2D eigenvalue weighted by Gasteiger charge is -2.04. The van der Waals surface area contributed by atoms with Gasteiger partial charge in [-0.05, 0) is 25.1 Å². The highest BCUT2D eigenvalue weighted by Crippen LogP contribution is 2.17. The standard InChI is InChI=1S/C14H12ClN5O/c1-8-11-5-9(6-17-13(11)20(2)19-8)14(21)18-12-4-3-10(15)7-16-12/h3-7H,1-2H3,(H,16,18,21). The third-order valence-corrected chi connectivity index (χ3v) is 3.32. The summed E-state index contributed by atoms with van der Waals surface area (Å²) in [5, 5.41) is 8.35. The van der Waals surface area contributed by atoms with E-state index in [-0.39, 0.29) is 5.91 Å². The number of carbonyl (C=O) groups is 1. The van der Waals surface area contributed by atoms with Crippen molar-refractivity contribution in [2.24, 2.45) is 7.05 Å². The summed E-state index contributed by atoms with van der Waals surface area (Å²) in [5.74, 6) is 0.162. The second-order valence-electron chi connectivity index (χ2n) is 4.62. The maximum absolute atomic E-state index is 12.2. The Bertz CT molecular complexity index is 825. The van der Waals surface area contributed by atoms with Gasteiger partial charge in [0.25, 0.3) is 5.91 Å². The maximum Gasteiger partial charge on any atom is 0.258 e. The molecule has 21 heavy (non-hydrogen) atoms. The van der Waals surface area contributed by atoms with Gasteiger partial charge in [-0.25, -0.2) is 9.97 Å². The highest BCUT2D eigenvalue weighted by atomic mass is 35.5. The Balaban J connectivity index is 1.91. The van der Waals surface area contributed by atoms with Crippen LogP contribution in [0.2, 0.25) is 5.02 Å². The monoisotopic (exact) mass is 301 g/mol. The molecule has 0 aliphatic heterocycles. The van der Waals surface area contributed by atoms with E-state index in [9.17, 15) is 4.79 Å². The van der Waals surface area contributed by atoms with Crippen LogP contribution in [0.4, 0.5) is 5.82 Å². The van der Waals surface area contributed by atoms with E-state index in [1.165, 1.54) is 12.4 Å². The van der Waals surface area contributed by atoms with Crippen LogP contribution < -0.4 is 5.32 Å². The predicted octanol–water partition coefficient (Wildman–Crippen LogP) is 2.58. The van der Waals surface area contributed by atoms with Gasteiger partial charge < -0.3 is 5.32 Å². The van der Waals surface area contributed by atoms with Gasteiger partial charge in [-0.3, -0.25) is 9.48 Å². The van der Waals surface area contributed by atoms with E-state index < -0.39 is 0 Å². The molecule has 0 saturated carbocycles. The molecule has 0 fully saturated rings. The zero-order valence-electron chi connectivity index (χ0n) is 11.5. The SMILES string of the molecule is Cc1nn(C)c2ncc(C(=O)Nc3ccc(Cl)cn3)cc12. The van der Waals surface area contributed by atoms with Gasteiger partial charge in [-0.15, -0.1) is 0 Å². The van der Waals surface area contributed by atoms with E-state index in [0.29, 0.717) is 16.4 Å². The van der Waals surface area contributed by atoms with Gasteiger partial charge in [-0.2, -0.15) is 5.10 Å². The Morgan fingerprint density at radius 1 is 1.29 bits per heavy atom. The van der Waals surface area contributed by atoms with E-state index >= 15 is 0 Å². The van der Waals surface area contributed by atoms with Crippen LogP contribution in [0, 0.1) is 6.92 Å². The summed E-state index contributed by atoms with van der Waals surface area (Å²) in [6, 6.07) is 5.08. The number of amides is 1. The number of nitrogens with one attached hydrogen (secondary N) is 1. The number of carbonyl (C=O) groups excluding carboxylic acids is 1. The first-order chi connectivity index (χ1) is 10.0. The minimum atomic E-state index is -0.275. The summed E-state index contributed by atoms with van der Waals surface area (Å²) in [6.45, 7) is 1.88. The zero-order valence-corrected chi connectivity index (χ0v) is 12.2. The van der Waals surface area contributed by atoms with E-state index in [1.807, 2.05) is 14.0 Å². The van der Waals surface area contributed by atoms with Crippen molar-refractivity contribution in [2.75, 3.05) is 5.32 Å². The van der Waals surface area contributed by atoms with Gasteiger partial charge >= 0.3 is 0 Å². The topological polar surface area (TPSA) is 72.7 Å². The zero-order chi connectivity index (χ0) is 15.0. The number of aromatic nitrogens is 4. The number of pyridine rings is 2. The molecular weight excluding hydrogens is 290 g/mol. The van der Waals surface area contributed by atoms with Crippen LogP contribution in [0.25, 0.3) is 11.0 Å². The number of nitrogens with zero attached hydrogens (tertiary/aromatic N) is 4.